The predicted molar refractivity (Wildman–Crippen MR) is 107 cm³/mol. The van der Waals surface area contributed by atoms with E-state index in [9.17, 15) is 14.7 Å². The summed E-state index contributed by atoms with van der Waals surface area (Å²) in [6.07, 6.45) is 1.51. The third kappa shape index (κ3) is 5.18. The van der Waals surface area contributed by atoms with Gasteiger partial charge in [-0.2, -0.15) is 5.10 Å². The molecule has 27 heavy (non-hydrogen) atoms. The number of nitrogens with one attached hydrogen (secondary N) is 2. The number of amidine groups is 1. The van der Waals surface area contributed by atoms with E-state index in [1.807, 2.05) is 31.2 Å². The van der Waals surface area contributed by atoms with Crippen LogP contribution in [0, 0.1) is 6.92 Å². The van der Waals surface area contributed by atoms with Crippen molar-refractivity contribution in [2.75, 3.05) is 5.32 Å². The lowest BCUT2D eigenvalue weighted by atomic mass is 10.2. The van der Waals surface area contributed by atoms with E-state index in [1.54, 1.807) is 24.3 Å². The van der Waals surface area contributed by atoms with Crippen molar-refractivity contribution in [3.05, 3.63) is 59.7 Å². The summed E-state index contributed by atoms with van der Waals surface area (Å²) in [5.74, 6) is -0.373. The van der Waals surface area contributed by atoms with Gasteiger partial charge in [0, 0.05) is 12.1 Å². The van der Waals surface area contributed by atoms with Crippen molar-refractivity contribution in [3.63, 3.8) is 0 Å². The largest absolute Gasteiger partial charge is 0.508 e. The number of rotatable bonds is 5. The zero-order valence-electron chi connectivity index (χ0n) is 14.5. The average Bonchev–Trinajstić information content (AvgIpc) is 2.96. The second kappa shape index (κ2) is 8.50. The molecule has 0 aliphatic carbocycles. The molecule has 1 aliphatic heterocycles. The number of hydrogen-bond acceptors (Lipinski definition) is 6. The number of carbonyl (C=O) groups is 2. The summed E-state index contributed by atoms with van der Waals surface area (Å²) in [6.45, 7) is 1.90. The molecule has 0 radical (unpaired) electrons. The molecule has 1 saturated heterocycles. The molecule has 0 spiro atoms. The first-order valence-corrected chi connectivity index (χ1v) is 9.12. The molecule has 1 atom stereocenters. The van der Waals surface area contributed by atoms with Gasteiger partial charge in [0.1, 0.15) is 11.0 Å². The fraction of sp³-hybridized carbons (Fsp3) is 0.158. The molecule has 2 amide bonds. The molecule has 0 saturated carbocycles. The SMILES string of the molecule is Cc1ccccc1NC(=O)C[C@@H]1S/C(=N/N=Cc2cccc(O)c2)NC1=O. The van der Waals surface area contributed by atoms with Crippen LogP contribution in [-0.4, -0.2) is 33.6 Å². The number of amides is 2. The topological polar surface area (TPSA) is 103 Å². The Bertz CT molecular complexity index is 927. The number of hydrogen-bond donors (Lipinski definition) is 3. The lowest BCUT2D eigenvalue weighted by molar-refractivity contribution is -0.122. The second-order valence-electron chi connectivity index (χ2n) is 5.91. The minimum absolute atomic E-state index is 0.0418. The number of aryl methyl sites for hydroxylation is 1. The quantitative estimate of drug-likeness (QED) is 0.546. The Balaban J connectivity index is 1.57. The summed E-state index contributed by atoms with van der Waals surface area (Å²) in [4.78, 5) is 24.2. The summed E-state index contributed by atoms with van der Waals surface area (Å²) in [5.41, 5.74) is 2.37. The van der Waals surface area contributed by atoms with Crippen molar-refractivity contribution in [1.82, 2.24) is 5.32 Å². The number of nitrogens with zero attached hydrogens (tertiary/aromatic N) is 2. The van der Waals surface area contributed by atoms with Gasteiger partial charge >= 0.3 is 0 Å². The highest BCUT2D eigenvalue weighted by atomic mass is 32.2. The van der Waals surface area contributed by atoms with E-state index in [-0.39, 0.29) is 24.0 Å². The Kier molecular flexibility index (Phi) is 5.87. The van der Waals surface area contributed by atoms with Crippen LogP contribution in [0.5, 0.6) is 5.75 Å². The zero-order chi connectivity index (χ0) is 19.2. The smallest absolute Gasteiger partial charge is 0.240 e. The van der Waals surface area contributed by atoms with Gasteiger partial charge in [0.15, 0.2) is 5.17 Å². The molecular weight excluding hydrogens is 364 g/mol. The van der Waals surface area contributed by atoms with Crippen LogP contribution in [0.4, 0.5) is 5.69 Å². The number of aromatic hydroxyl groups is 1. The zero-order valence-corrected chi connectivity index (χ0v) is 15.4. The molecule has 1 fully saturated rings. The number of thioether (sulfide) groups is 1. The van der Waals surface area contributed by atoms with Gasteiger partial charge < -0.3 is 15.7 Å². The Morgan fingerprint density at radius 3 is 2.89 bits per heavy atom. The molecule has 8 heteroatoms. The predicted octanol–water partition coefficient (Wildman–Crippen LogP) is 2.65. The van der Waals surface area contributed by atoms with Crippen molar-refractivity contribution in [1.29, 1.82) is 0 Å². The van der Waals surface area contributed by atoms with Crippen molar-refractivity contribution in [2.45, 2.75) is 18.6 Å². The fourth-order valence-electron chi connectivity index (χ4n) is 2.42. The summed E-state index contributed by atoms with van der Waals surface area (Å²) in [7, 11) is 0. The molecule has 0 aromatic heterocycles. The van der Waals surface area contributed by atoms with Gasteiger partial charge in [0.2, 0.25) is 11.8 Å². The van der Waals surface area contributed by atoms with Crippen LogP contribution >= 0.6 is 11.8 Å². The first-order chi connectivity index (χ1) is 13.0. The van der Waals surface area contributed by atoms with Crippen LogP contribution in [0.15, 0.2) is 58.7 Å². The van der Waals surface area contributed by atoms with Crippen molar-refractivity contribution in [2.24, 2.45) is 10.2 Å². The molecule has 1 heterocycles. The standard InChI is InChI=1S/C19H18N4O3S/c1-12-5-2-3-8-15(12)21-17(25)10-16-18(26)22-19(27-16)23-20-11-13-6-4-7-14(24)9-13/h2-9,11,16,24H,10H2,1H3,(H,21,25)(H,22,23,26)/t16-/m0/s1. The summed E-state index contributed by atoms with van der Waals surface area (Å²) in [6, 6.07) is 14.0. The molecule has 0 unspecified atom stereocenters. The van der Waals surface area contributed by atoms with Crippen LogP contribution in [-0.2, 0) is 9.59 Å². The average molecular weight is 382 g/mol. The van der Waals surface area contributed by atoms with Gasteiger partial charge in [0.05, 0.1) is 6.21 Å². The summed E-state index contributed by atoms with van der Waals surface area (Å²) < 4.78 is 0. The lowest BCUT2D eigenvalue weighted by Crippen LogP contribution is -2.28. The Hall–Kier alpha value is -3.13. The van der Waals surface area contributed by atoms with Crippen LogP contribution < -0.4 is 10.6 Å². The normalized spacial score (nSPS) is 18.0. The molecule has 138 valence electrons. The first kappa shape index (κ1) is 18.7. The van der Waals surface area contributed by atoms with E-state index in [4.69, 9.17) is 0 Å². The van der Waals surface area contributed by atoms with Gasteiger partial charge in [-0.15, -0.1) is 5.10 Å². The maximum absolute atomic E-state index is 12.2. The van der Waals surface area contributed by atoms with Crippen molar-refractivity contribution >= 4 is 40.6 Å². The Morgan fingerprint density at radius 2 is 2.11 bits per heavy atom. The van der Waals surface area contributed by atoms with E-state index >= 15 is 0 Å². The molecule has 3 N–H and O–H groups in total. The molecule has 1 aliphatic rings. The summed E-state index contributed by atoms with van der Waals surface area (Å²) >= 11 is 1.17. The number of benzene rings is 2. The van der Waals surface area contributed by atoms with Gasteiger partial charge in [-0.1, -0.05) is 42.1 Å². The highest BCUT2D eigenvalue weighted by Crippen LogP contribution is 2.23. The van der Waals surface area contributed by atoms with Crippen LogP contribution in [0.2, 0.25) is 0 Å². The van der Waals surface area contributed by atoms with E-state index in [2.05, 4.69) is 20.8 Å². The highest BCUT2D eigenvalue weighted by Gasteiger charge is 2.32. The number of phenols is 1. The van der Waals surface area contributed by atoms with E-state index in [1.165, 1.54) is 18.0 Å². The van der Waals surface area contributed by atoms with Crippen LogP contribution in [0.25, 0.3) is 0 Å². The Labute approximate surface area is 160 Å². The van der Waals surface area contributed by atoms with Gasteiger partial charge in [0.25, 0.3) is 0 Å². The molecule has 2 aromatic rings. The molecule has 7 nitrogen and oxygen atoms in total. The monoisotopic (exact) mass is 382 g/mol. The minimum Gasteiger partial charge on any atom is -0.508 e. The maximum atomic E-state index is 12.2. The minimum atomic E-state index is -0.552. The van der Waals surface area contributed by atoms with Gasteiger partial charge in [-0.25, -0.2) is 0 Å². The van der Waals surface area contributed by atoms with E-state index in [0.717, 1.165) is 11.3 Å². The van der Waals surface area contributed by atoms with Crippen molar-refractivity contribution < 1.29 is 14.7 Å². The third-order valence-corrected chi connectivity index (χ3v) is 4.86. The molecule has 3 rings (SSSR count). The Morgan fingerprint density at radius 1 is 1.30 bits per heavy atom. The van der Waals surface area contributed by atoms with Gasteiger partial charge in [-0.3, -0.25) is 9.59 Å². The molecule has 0 bridgehead atoms. The molecular formula is C19H18N4O3S. The number of para-hydroxylation sites is 1. The number of carbonyl (C=O) groups excluding carboxylic acids is 2. The number of anilines is 1. The summed E-state index contributed by atoms with van der Waals surface area (Å²) in [5, 5.41) is 22.5. The second-order valence-corrected chi connectivity index (χ2v) is 7.10. The fourth-order valence-corrected chi connectivity index (χ4v) is 3.35. The third-order valence-electron chi connectivity index (χ3n) is 3.79. The van der Waals surface area contributed by atoms with E-state index < -0.39 is 5.25 Å². The highest BCUT2D eigenvalue weighted by molar-refractivity contribution is 8.15. The van der Waals surface area contributed by atoms with Crippen molar-refractivity contribution in [3.8, 4) is 5.75 Å². The van der Waals surface area contributed by atoms with Crippen LogP contribution in [0.1, 0.15) is 17.5 Å². The van der Waals surface area contributed by atoms with Crippen LogP contribution in [0.3, 0.4) is 0 Å². The lowest BCUT2D eigenvalue weighted by Gasteiger charge is -2.09. The molecule has 2 aromatic carbocycles. The van der Waals surface area contributed by atoms with Gasteiger partial charge in [-0.05, 0) is 36.2 Å². The first-order valence-electron chi connectivity index (χ1n) is 8.24. The van der Waals surface area contributed by atoms with E-state index in [0.29, 0.717) is 10.7 Å². The maximum Gasteiger partial charge on any atom is 0.240 e. The number of phenolic OH excluding ortho intramolecular Hbond substituents is 1.